The first-order valence-corrected chi connectivity index (χ1v) is 4.22. The van der Waals surface area contributed by atoms with Crippen molar-refractivity contribution in [1.29, 1.82) is 0 Å². The predicted octanol–water partition coefficient (Wildman–Crippen LogP) is -0.857. The Hall–Kier alpha value is -1.10. The Morgan fingerprint density at radius 3 is 3.00 bits per heavy atom. The van der Waals surface area contributed by atoms with E-state index in [1.807, 2.05) is 0 Å². The first-order chi connectivity index (χ1) is 6.15. The van der Waals surface area contributed by atoms with Gasteiger partial charge in [0.05, 0.1) is 6.61 Å². The van der Waals surface area contributed by atoms with E-state index in [2.05, 4.69) is 0 Å². The van der Waals surface area contributed by atoms with Gasteiger partial charge in [0.1, 0.15) is 0 Å². The van der Waals surface area contributed by atoms with Crippen molar-refractivity contribution in [3.8, 4) is 0 Å². The first kappa shape index (κ1) is 9.98. The number of aliphatic hydroxyl groups excluding tert-OH is 1. The Bertz CT molecular complexity index is 216. The van der Waals surface area contributed by atoms with Crippen molar-refractivity contribution < 1.29 is 19.4 Å². The molecule has 1 atom stereocenters. The SMILES string of the molecule is CC(=O)OC1CCN(CCO)C1=O. The number of carbonyl (C=O) groups is 2. The molecular weight excluding hydrogens is 174 g/mol. The van der Waals surface area contributed by atoms with Crippen LogP contribution in [0, 0.1) is 0 Å². The van der Waals surface area contributed by atoms with Gasteiger partial charge in [-0.15, -0.1) is 0 Å². The van der Waals surface area contributed by atoms with Gasteiger partial charge in [0.25, 0.3) is 5.91 Å². The maximum atomic E-state index is 11.4. The minimum Gasteiger partial charge on any atom is -0.452 e. The number of aliphatic hydroxyl groups is 1. The van der Waals surface area contributed by atoms with Crippen molar-refractivity contribution in [1.82, 2.24) is 4.90 Å². The lowest BCUT2D eigenvalue weighted by Crippen LogP contribution is -2.33. The average molecular weight is 187 g/mol. The summed E-state index contributed by atoms with van der Waals surface area (Å²) in [6, 6.07) is 0. The predicted molar refractivity (Wildman–Crippen MR) is 43.8 cm³/mol. The summed E-state index contributed by atoms with van der Waals surface area (Å²) >= 11 is 0. The van der Waals surface area contributed by atoms with Crippen LogP contribution in [0.15, 0.2) is 0 Å². The Balaban J connectivity index is 2.45. The monoisotopic (exact) mass is 187 g/mol. The number of amides is 1. The van der Waals surface area contributed by atoms with E-state index in [0.29, 0.717) is 19.5 Å². The quantitative estimate of drug-likeness (QED) is 0.584. The van der Waals surface area contributed by atoms with Crippen molar-refractivity contribution in [3.63, 3.8) is 0 Å². The van der Waals surface area contributed by atoms with Crippen molar-refractivity contribution in [2.75, 3.05) is 19.7 Å². The van der Waals surface area contributed by atoms with Crippen LogP contribution in [0.2, 0.25) is 0 Å². The van der Waals surface area contributed by atoms with Gasteiger partial charge in [-0.2, -0.15) is 0 Å². The van der Waals surface area contributed by atoms with Crippen LogP contribution < -0.4 is 0 Å². The molecule has 1 saturated heterocycles. The molecule has 1 amide bonds. The Kier molecular flexibility index (Phi) is 3.25. The number of likely N-dealkylation sites (tertiary alicyclic amines) is 1. The van der Waals surface area contributed by atoms with E-state index in [4.69, 9.17) is 9.84 Å². The van der Waals surface area contributed by atoms with Crippen LogP contribution in [0.5, 0.6) is 0 Å². The Morgan fingerprint density at radius 1 is 1.77 bits per heavy atom. The third kappa shape index (κ3) is 2.42. The number of hydrogen-bond acceptors (Lipinski definition) is 4. The molecule has 1 aliphatic heterocycles. The third-order valence-electron chi connectivity index (χ3n) is 1.93. The van der Waals surface area contributed by atoms with Gasteiger partial charge in [0.15, 0.2) is 6.10 Å². The molecule has 0 saturated carbocycles. The van der Waals surface area contributed by atoms with Gasteiger partial charge in [-0.25, -0.2) is 0 Å². The fourth-order valence-corrected chi connectivity index (χ4v) is 1.36. The molecule has 0 aromatic rings. The highest BCUT2D eigenvalue weighted by molar-refractivity contribution is 5.85. The maximum absolute atomic E-state index is 11.4. The lowest BCUT2D eigenvalue weighted by Gasteiger charge is -2.14. The second-order valence-corrected chi connectivity index (χ2v) is 2.94. The van der Waals surface area contributed by atoms with Crippen LogP contribution in [-0.4, -0.2) is 47.7 Å². The van der Waals surface area contributed by atoms with Gasteiger partial charge in [-0.3, -0.25) is 9.59 Å². The summed E-state index contributed by atoms with van der Waals surface area (Å²) in [6.07, 6.45) is -0.109. The third-order valence-corrected chi connectivity index (χ3v) is 1.93. The van der Waals surface area contributed by atoms with Crippen molar-refractivity contribution in [2.24, 2.45) is 0 Å². The minimum absolute atomic E-state index is 0.0570. The number of esters is 1. The number of hydrogen-bond donors (Lipinski definition) is 1. The van der Waals surface area contributed by atoms with Gasteiger partial charge >= 0.3 is 5.97 Å². The van der Waals surface area contributed by atoms with E-state index < -0.39 is 12.1 Å². The molecule has 0 spiro atoms. The normalized spacial score (nSPS) is 22.2. The Morgan fingerprint density at radius 2 is 2.46 bits per heavy atom. The summed E-state index contributed by atoms with van der Waals surface area (Å²) in [4.78, 5) is 23.4. The highest BCUT2D eigenvalue weighted by Gasteiger charge is 2.33. The van der Waals surface area contributed by atoms with Gasteiger partial charge < -0.3 is 14.7 Å². The van der Waals surface area contributed by atoms with E-state index in [9.17, 15) is 9.59 Å². The summed E-state index contributed by atoms with van der Waals surface area (Å²) in [5.41, 5.74) is 0. The van der Waals surface area contributed by atoms with Crippen molar-refractivity contribution >= 4 is 11.9 Å². The van der Waals surface area contributed by atoms with E-state index in [1.165, 1.54) is 11.8 Å². The molecule has 1 fully saturated rings. The average Bonchev–Trinajstić information content (AvgIpc) is 2.36. The van der Waals surface area contributed by atoms with Crippen LogP contribution in [0.3, 0.4) is 0 Å². The molecule has 0 radical (unpaired) electrons. The molecule has 0 bridgehead atoms. The number of nitrogens with zero attached hydrogens (tertiary/aromatic N) is 1. The zero-order chi connectivity index (χ0) is 9.84. The maximum Gasteiger partial charge on any atom is 0.303 e. The van der Waals surface area contributed by atoms with Gasteiger partial charge in [0, 0.05) is 26.4 Å². The molecule has 0 aliphatic carbocycles. The summed E-state index contributed by atoms with van der Waals surface area (Å²) < 4.78 is 4.79. The topological polar surface area (TPSA) is 66.8 Å². The van der Waals surface area contributed by atoms with Crippen LogP contribution in [0.25, 0.3) is 0 Å². The smallest absolute Gasteiger partial charge is 0.303 e. The molecule has 1 rings (SSSR count). The molecule has 1 aliphatic rings. The highest BCUT2D eigenvalue weighted by atomic mass is 16.5. The zero-order valence-electron chi connectivity index (χ0n) is 7.52. The van der Waals surface area contributed by atoms with Crippen LogP contribution in [0.1, 0.15) is 13.3 Å². The molecule has 1 unspecified atom stereocenters. The van der Waals surface area contributed by atoms with Gasteiger partial charge in [-0.1, -0.05) is 0 Å². The fourth-order valence-electron chi connectivity index (χ4n) is 1.36. The van der Waals surface area contributed by atoms with E-state index in [1.54, 1.807) is 0 Å². The number of β-amino-alcohol motifs (C(OH)–C–C–N with tert-alkyl or cyclic N) is 1. The minimum atomic E-state index is -0.635. The summed E-state index contributed by atoms with van der Waals surface area (Å²) in [7, 11) is 0. The molecule has 1 heterocycles. The standard InChI is InChI=1S/C8H13NO4/c1-6(11)13-7-2-3-9(4-5-10)8(7)12/h7,10H,2-5H2,1H3. The second kappa shape index (κ2) is 4.23. The lowest BCUT2D eigenvalue weighted by atomic mass is 10.3. The molecular formula is C8H13NO4. The van der Waals surface area contributed by atoms with Crippen LogP contribution in [0.4, 0.5) is 0 Å². The van der Waals surface area contributed by atoms with Crippen molar-refractivity contribution in [3.05, 3.63) is 0 Å². The van der Waals surface area contributed by atoms with Gasteiger partial charge in [0.2, 0.25) is 0 Å². The second-order valence-electron chi connectivity index (χ2n) is 2.94. The Labute approximate surface area is 76.3 Å². The largest absolute Gasteiger partial charge is 0.452 e. The highest BCUT2D eigenvalue weighted by Crippen LogP contribution is 2.13. The van der Waals surface area contributed by atoms with Crippen LogP contribution in [-0.2, 0) is 14.3 Å². The first-order valence-electron chi connectivity index (χ1n) is 4.22. The molecule has 5 heteroatoms. The summed E-state index contributed by atoms with van der Waals surface area (Å²) in [6.45, 7) is 2.09. The zero-order valence-corrected chi connectivity index (χ0v) is 7.52. The number of rotatable bonds is 3. The van der Waals surface area contributed by atoms with Crippen molar-refractivity contribution in [2.45, 2.75) is 19.4 Å². The number of ether oxygens (including phenoxy) is 1. The van der Waals surface area contributed by atoms with Crippen LogP contribution >= 0.6 is 0 Å². The summed E-state index contributed by atoms with van der Waals surface area (Å²) in [5, 5.41) is 8.61. The molecule has 1 N–H and O–H groups in total. The molecule has 13 heavy (non-hydrogen) atoms. The van der Waals surface area contributed by atoms with E-state index in [-0.39, 0.29) is 12.5 Å². The lowest BCUT2D eigenvalue weighted by molar-refractivity contribution is -0.154. The molecule has 0 aromatic heterocycles. The molecule has 0 aromatic carbocycles. The van der Waals surface area contributed by atoms with Gasteiger partial charge in [-0.05, 0) is 0 Å². The molecule has 74 valence electrons. The fraction of sp³-hybridized carbons (Fsp3) is 0.750. The molecule has 5 nitrogen and oxygen atoms in total. The van der Waals surface area contributed by atoms with E-state index in [0.717, 1.165) is 0 Å². The number of carbonyl (C=O) groups excluding carboxylic acids is 2. The van der Waals surface area contributed by atoms with E-state index >= 15 is 0 Å². The summed E-state index contributed by atoms with van der Waals surface area (Å²) in [5.74, 6) is -0.645.